The zero-order chi connectivity index (χ0) is 21.8. The molecule has 0 spiro atoms. The van der Waals surface area contributed by atoms with Gasteiger partial charge in [0.05, 0.1) is 0 Å². The van der Waals surface area contributed by atoms with E-state index in [1.807, 2.05) is 54.6 Å². The van der Waals surface area contributed by atoms with Gasteiger partial charge in [-0.1, -0.05) is 48.5 Å². The van der Waals surface area contributed by atoms with Crippen molar-refractivity contribution in [1.29, 1.82) is 0 Å². The summed E-state index contributed by atoms with van der Waals surface area (Å²) in [5, 5.41) is 2.83. The summed E-state index contributed by atoms with van der Waals surface area (Å²) in [4.78, 5) is 24.5. The first-order chi connectivity index (χ1) is 15.0. The molecule has 1 aromatic heterocycles. The third kappa shape index (κ3) is 4.94. The van der Waals surface area contributed by atoms with Crippen LogP contribution in [0.4, 0.5) is 5.69 Å². The van der Waals surface area contributed by atoms with Gasteiger partial charge in [-0.25, -0.2) is 4.79 Å². The Morgan fingerprint density at radius 1 is 1.06 bits per heavy atom. The van der Waals surface area contributed by atoms with E-state index in [-0.39, 0.29) is 12.5 Å². The van der Waals surface area contributed by atoms with E-state index < -0.39 is 5.97 Å². The third-order valence-corrected chi connectivity index (χ3v) is 5.47. The Morgan fingerprint density at radius 2 is 1.77 bits per heavy atom. The van der Waals surface area contributed by atoms with E-state index in [4.69, 9.17) is 4.74 Å². The van der Waals surface area contributed by atoms with Crippen molar-refractivity contribution in [2.45, 2.75) is 32.7 Å². The molecular formula is C26H26N2O3. The number of aromatic nitrogens is 1. The number of carbonyl (C=O) groups excluding carboxylic acids is 2. The van der Waals surface area contributed by atoms with Crippen LogP contribution in [0.5, 0.6) is 0 Å². The molecule has 0 unspecified atom stereocenters. The van der Waals surface area contributed by atoms with Crippen LogP contribution in [-0.4, -0.2) is 23.1 Å². The van der Waals surface area contributed by atoms with Crippen LogP contribution < -0.4 is 5.32 Å². The lowest BCUT2D eigenvalue weighted by Gasteiger charge is -2.11. The molecule has 4 rings (SSSR count). The van der Waals surface area contributed by atoms with Crippen molar-refractivity contribution in [3.05, 3.63) is 83.7 Å². The summed E-state index contributed by atoms with van der Waals surface area (Å²) in [5.74, 6) is -0.917. The van der Waals surface area contributed by atoms with Crippen molar-refractivity contribution in [3.63, 3.8) is 0 Å². The molecule has 0 aliphatic heterocycles. The normalized spacial score (nSPS) is 13.4. The first-order valence-corrected chi connectivity index (χ1v) is 10.5. The second-order valence-corrected chi connectivity index (χ2v) is 7.83. The molecule has 0 atom stereocenters. The summed E-state index contributed by atoms with van der Waals surface area (Å²) < 4.78 is 7.46. The van der Waals surface area contributed by atoms with Crippen LogP contribution >= 0.6 is 0 Å². The number of nitrogens with zero attached hydrogens (tertiary/aromatic N) is 1. The smallest absolute Gasteiger partial charge is 0.331 e. The molecule has 5 heteroatoms. The number of rotatable bonds is 7. The molecule has 2 aromatic carbocycles. The minimum absolute atomic E-state index is 0.340. The van der Waals surface area contributed by atoms with Gasteiger partial charge in [-0.2, -0.15) is 0 Å². The SMILES string of the molecule is Cc1cc(/C=C/C(=O)OCC(=O)Nc2ccccc2-c2ccccc2)c(C)n1C1CC1. The summed E-state index contributed by atoms with van der Waals surface area (Å²) in [7, 11) is 0. The van der Waals surface area contributed by atoms with E-state index in [9.17, 15) is 9.59 Å². The lowest BCUT2D eigenvalue weighted by Crippen LogP contribution is -2.20. The minimum Gasteiger partial charge on any atom is -0.452 e. The summed E-state index contributed by atoms with van der Waals surface area (Å²) in [6.45, 7) is 3.81. The van der Waals surface area contributed by atoms with E-state index in [0.29, 0.717) is 11.7 Å². The number of nitrogens with one attached hydrogen (secondary N) is 1. The van der Waals surface area contributed by atoms with Gasteiger partial charge in [-0.3, -0.25) is 4.79 Å². The van der Waals surface area contributed by atoms with Crippen LogP contribution in [0.15, 0.2) is 66.7 Å². The highest BCUT2D eigenvalue weighted by Crippen LogP contribution is 2.38. The largest absolute Gasteiger partial charge is 0.452 e. The number of amides is 1. The molecular weight excluding hydrogens is 388 g/mol. The molecule has 1 saturated carbocycles. The van der Waals surface area contributed by atoms with E-state index in [1.165, 1.54) is 24.6 Å². The quantitative estimate of drug-likeness (QED) is 0.421. The molecule has 5 nitrogen and oxygen atoms in total. The van der Waals surface area contributed by atoms with Crippen molar-refractivity contribution in [3.8, 4) is 11.1 Å². The molecule has 1 N–H and O–H groups in total. The van der Waals surface area contributed by atoms with Crippen molar-refractivity contribution >= 4 is 23.6 Å². The summed E-state index contributed by atoms with van der Waals surface area (Å²) in [6.07, 6.45) is 5.56. The van der Waals surface area contributed by atoms with Crippen LogP contribution in [0.3, 0.4) is 0 Å². The molecule has 1 heterocycles. The third-order valence-electron chi connectivity index (χ3n) is 5.47. The van der Waals surface area contributed by atoms with Gasteiger partial charge in [0, 0.05) is 34.8 Å². The molecule has 1 aliphatic rings. The van der Waals surface area contributed by atoms with Crippen molar-refractivity contribution in [2.24, 2.45) is 0 Å². The Morgan fingerprint density at radius 3 is 2.52 bits per heavy atom. The van der Waals surface area contributed by atoms with E-state index in [1.54, 1.807) is 6.08 Å². The maximum Gasteiger partial charge on any atom is 0.331 e. The van der Waals surface area contributed by atoms with Gasteiger partial charge in [0.1, 0.15) is 0 Å². The van der Waals surface area contributed by atoms with E-state index in [2.05, 4.69) is 29.8 Å². The number of para-hydroxylation sites is 1. The Balaban J connectivity index is 1.34. The second-order valence-electron chi connectivity index (χ2n) is 7.83. The predicted molar refractivity (Wildman–Crippen MR) is 123 cm³/mol. The average molecular weight is 415 g/mol. The van der Waals surface area contributed by atoms with Crippen molar-refractivity contribution in [2.75, 3.05) is 11.9 Å². The van der Waals surface area contributed by atoms with E-state index in [0.717, 1.165) is 22.4 Å². The second kappa shape index (κ2) is 9.04. The topological polar surface area (TPSA) is 60.3 Å². The Kier molecular flexibility index (Phi) is 6.03. The molecule has 3 aromatic rings. The standard InChI is InChI=1S/C26H26N2O3/c1-18-16-21(19(2)28(18)22-13-14-22)12-15-26(30)31-17-25(29)27-24-11-7-6-10-23(24)20-8-4-3-5-9-20/h3-12,15-16,22H,13-14,17H2,1-2H3,(H,27,29)/b15-12+. The zero-order valence-corrected chi connectivity index (χ0v) is 17.8. The fraction of sp³-hybridized carbons (Fsp3) is 0.231. The molecule has 158 valence electrons. The highest BCUT2D eigenvalue weighted by Gasteiger charge is 2.26. The fourth-order valence-electron chi connectivity index (χ4n) is 3.86. The average Bonchev–Trinajstić information content (AvgIpc) is 3.56. The van der Waals surface area contributed by atoms with Crippen LogP contribution in [0, 0.1) is 13.8 Å². The van der Waals surface area contributed by atoms with Gasteiger partial charge in [0.2, 0.25) is 0 Å². The van der Waals surface area contributed by atoms with Crippen LogP contribution in [0.1, 0.15) is 35.8 Å². The molecule has 31 heavy (non-hydrogen) atoms. The highest BCUT2D eigenvalue weighted by atomic mass is 16.5. The monoisotopic (exact) mass is 414 g/mol. The lowest BCUT2D eigenvalue weighted by molar-refractivity contribution is -0.142. The number of anilines is 1. The molecule has 0 saturated heterocycles. The highest BCUT2D eigenvalue weighted by molar-refractivity contribution is 5.97. The van der Waals surface area contributed by atoms with Crippen molar-refractivity contribution < 1.29 is 14.3 Å². The van der Waals surface area contributed by atoms with Gasteiger partial charge in [-0.15, -0.1) is 0 Å². The number of aryl methyl sites for hydroxylation is 1. The summed E-state index contributed by atoms with van der Waals surface area (Å²) in [5.41, 5.74) is 5.94. The molecule has 1 fully saturated rings. The lowest BCUT2D eigenvalue weighted by atomic mass is 10.0. The summed E-state index contributed by atoms with van der Waals surface area (Å²) >= 11 is 0. The predicted octanol–water partition coefficient (Wildman–Crippen LogP) is 5.30. The zero-order valence-electron chi connectivity index (χ0n) is 17.8. The minimum atomic E-state index is -0.539. The molecule has 1 aliphatic carbocycles. The maximum absolute atomic E-state index is 12.3. The molecule has 0 bridgehead atoms. The number of esters is 1. The molecule has 0 radical (unpaired) electrons. The Labute approximate surface area is 182 Å². The number of hydrogen-bond acceptors (Lipinski definition) is 3. The number of carbonyl (C=O) groups is 2. The van der Waals surface area contributed by atoms with Gasteiger partial charge in [0.25, 0.3) is 5.91 Å². The van der Waals surface area contributed by atoms with Gasteiger partial charge >= 0.3 is 5.97 Å². The van der Waals surface area contributed by atoms with Crippen LogP contribution in [0.25, 0.3) is 17.2 Å². The van der Waals surface area contributed by atoms with Gasteiger partial charge in [0.15, 0.2) is 6.61 Å². The van der Waals surface area contributed by atoms with Crippen LogP contribution in [0.2, 0.25) is 0 Å². The van der Waals surface area contributed by atoms with E-state index >= 15 is 0 Å². The number of benzene rings is 2. The van der Waals surface area contributed by atoms with Crippen molar-refractivity contribution in [1.82, 2.24) is 4.57 Å². The Bertz CT molecular complexity index is 1120. The van der Waals surface area contributed by atoms with Gasteiger partial charge in [-0.05, 0) is 56.0 Å². The molecule has 1 amide bonds. The summed E-state index contributed by atoms with van der Waals surface area (Å²) in [6, 6.07) is 20.0. The van der Waals surface area contributed by atoms with Crippen LogP contribution in [-0.2, 0) is 14.3 Å². The Hall–Kier alpha value is -3.60. The number of ether oxygens (including phenoxy) is 1. The first kappa shape index (κ1) is 20.7. The number of hydrogen-bond donors (Lipinski definition) is 1. The first-order valence-electron chi connectivity index (χ1n) is 10.5. The van der Waals surface area contributed by atoms with Gasteiger partial charge < -0.3 is 14.6 Å². The fourth-order valence-corrected chi connectivity index (χ4v) is 3.86. The maximum atomic E-state index is 12.3.